The summed E-state index contributed by atoms with van der Waals surface area (Å²) < 4.78 is 1.40. The number of hydrogen-bond donors (Lipinski definition) is 2. The van der Waals surface area contributed by atoms with Crippen molar-refractivity contribution in [3.8, 4) is 0 Å². The van der Waals surface area contributed by atoms with Gasteiger partial charge in [-0.15, -0.1) is 0 Å². The Labute approximate surface area is 102 Å². The SMILES string of the molecule is Cc1cc(NN)nc(Cn2ccc([N+](=O)[O-])n2)n1. The van der Waals surface area contributed by atoms with E-state index in [-0.39, 0.29) is 12.4 Å². The maximum absolute atomic E-state index is 10.5. The molecule has 0 aromatic carbocycles. The second-order valence-corrected chi connectivity index (χ2v) is 3.58. The molecule has 2 heterocycles. The Kier molecular flexibility index (Phi) is 3.15. The fourth-order valence-electron chi connectivity index (χ4n) is 1.46. The summed E-state index contributed by atoms with van der Waals surface area (Å²) in [5.41, 5.74) is 3.17. The minimum absolute atomic E-state index is 0.208. The van der Waals surface area contributed by atoms with Gasteiger partial charge in [-0.05, 0) is 11.8 Å². The average molecular weight is 249 g/mol. The summed E-state index contributed by atoms with van der Waals surface area (Å²) in [4.78, 5) is 18.3. The lowest BCUT2D eigenvalue weighted by atomic mass is 10.4. The summed E-state index contributed by atoms with van der Waals surface area (Å²) in [7, 11) is 0. The van der Waals surface area contributed by atoms with Gasteiger partial charge in [0.1, 0.15) is 12.4 Å². The highest BCUT2D eigenvalue weighted by Crippen LogP contribution is 2.08. The van der Waals surface area contributed by atoms with E-state index in [0.717, 1.165) is 5.69 Å². The van der Waals surface area contributed by atoms with E-state index in [9.17, 15) is 10.1 Å². The lowest BCUT2D eigenvalue weighted by molar-refractivity contribution is -0.389. The highest BCUT2D eigenvalue weighted by Gasteiger charge is 2.12. The van der Waals surface area contributed by atoms with Crippen LogP contribution in [0.2, 0.25) is 0 Å². The van der Waals surface area contributed by atoms with Gasteiger partial charge in [0.2, 0.25) is 0 Å². The molecule has 2 aromatic rings. The van der Waals surface area contributed by atoms with E-state index < -0.39 is 4.92 Å². The smallest absolute Gasteiger partial charge is 0.358 e. The van der Waals surface area contributed by atoms with E-state index in [2.05, 4.69) is 20.5 Å². The highest BCUT2D eigenvalue weighted by atomic mass is 16.6. The van der Waals surface area contributed by atoms with Gasteiger partial charge in [-0.2, -0.15) is 4.68 Å². The molecule has 9 nitrogen and oxygen atoms in total. The number of nitrogens with zero attached hydrogens (tertiary/aromatic N) is 5. The van der Waals surface area contributed by atoms with Gasteiger partial charge in [-0.25, -0.2) is 15.8 Å². The quantitative estimate of drug-likeness (QED) is 0.451. The van der Waals surface area contributed by atoms with Crippen LogP contribution in [0.15, 0.2) is 18.3 Å². The van der Waals surface area contributed by atoms with Crippen molar-refractivity contribution in [1.29, 1.82) is 0 Å². The van der Waals surface area contributed by atoms with E-state index >= 15 is 0 Å². The maximum atomic E-state index is 10.5. The van der Waals surface area contributed by atoms with Gasteiger partial charge in [0.15, 0.2) is 5.82 Å². The summed E-state index contributed by atoms with van der Waals surface area (Å²) in [6.45, 7) is 2.04. The number of aryl methyl sites for hydroxylation is 1. The van der Waals surface area contributed by atoms with Crippen LogP contribution in [0, 0.1) is 17.0 Å². The normalized spacial score (nSPS) is 10.3. The summed E-state index contributed by atoms with van der Waals surface area (Å²) >= 11 is 0. The lowest BCUT2D eigenvalue weighted by Gasteiger charge is -2.03. The molecular formula is C9H11N7O2. The number of hydrazine groups is 1. The predicted octanol–water partition coefficient (Wildman–Crippen LogP) is 0.224. The molecule has 0 spiro atoms. The minimum Gasteiger partial charge on any atom is -0.358 e. The van der Waals surface area contributed by atoms with Crippen molar-refractivity contribution in [1.82, 2.24) is 19.7 Å². The zero-order valence-electron chi connectivity index (χ0n) is 9.57. The fraction of sp³-hybridized carbons (Fsp3) is 0.222. The standard InChI is InChI=1S/C9H11N7O2/c1-6-4-7(13-10)12-8(11-6)5-15-3-2-9(14-15)16(17)18/h2-4H,5,10H2,1H3,(H,11,12,13). The Balaban J connectivity index is 2.22. The average Bonchev–Trinajstić information content (AvgIpc) is 2.76. The Hall–Kier alpha value is -2.55. The number of rotatable bonds is 4. The highest BCUT2D eigenvalue weighted by molar-refractivity contribution is 5.34. The van der Waals surface area contributed by atoms with Crippen molar-refractivity contribution >= 4 is 11.6 Å². The van der Waals surface area contributed by atoms with Crippen LogP contribution in [0.5, 0.6) is 0 Å². The zero-order valence-corrected chi connectivity index (χ0v) is 9.57. The van der Waals surface area contributed by atoms with Gasteiger partial charge in [-0.1, -0.05) is 0 Å². The van der Waals surface area contributed by atoms with Gasteiger partial charge < -0.3 is 15.5 Å². The molecule has 0 saturated carbocycles. The molecule has 0 aliphatic heterocycles. The monoisotopic (exact) mass is 249 g/mol. The van der Waals surface area contributed by atoms with Crippen LogP contribution in [0.3, 0.4) is 0 Å². The van der Waals surface area contributed by atoms with E-state index in [0.29, 0.717) is 11.6 Å². The fourth-order valence-corrected chi connectivity index (χ4v) is 1.46. The summed E-state index contributed by atoms with van der Waals surface area (Å²) in [5.74, 6) is 6.02. The Morgan fingerprint density at radius 2 is 2.33 bits per heavy atom. The van der Waals surface area contributed by atoms with Gasteiger partial charge in [0, 0.05) is 11.8 Å². The zero-order chi connectivity index (χ0) is 13.1. The third-order valence-corrected chi connectivity index (χ3v) is 2.17. The van der Waals surface area contributed by atoms with Crippen LogP contribution in [-0.2, 0) is 6.54 Å². The van der Waals surface area contributed by atoms with Crippen molar-refractivity contribution in [2.45, 2.75) is 13.5 Å². The Morgan fingerprint density at radius 3 is 2.94 bits per heavy atom. The third kappa shape index (κ3) is 2.58. The van der Waals surface area contributed by atoms with Crippen LogP contribution >= 0.6 is 0 Å². The molecule has 18 heavy (non-hydrogen) atoms. The van der Waals surface area contributed by atoms with Gasteiger partial charge in [-0.3, -0.25) is 0 Å². The molecule has 3 N–H and O–H groups in total. The lowest BCUT2D eigenvalue weighted by Crippen LogP contribution is -2.13. The van der Waals surface area contributed by atoms with Crippen LogP contribution < -0.4 is 11.3 Å². The molecule has 0 aliphatic rings. The molecule has 94 valence electrons. The molecular weight excluding hydrogens is 238 g/mol. The number of nitrogens with two attached hydrogens (primary N) is 1. The number of nitrogens with one attached hydrogen (secondary N) is 1. The van der Waals surface area contributed by atoms with Crippen molar-refractivity contribution < 1.29 is 4.92 Å². The molecule has 9 heteroatoms. The first kappa shape index (κ1) is 11.9. The van der Waals surface area contributed by atoms with Crippen LogP contribution in [0.25, 0.3) is 0 Å². The van der Waals surface area contributed by atoms with E-state index in [4.69, 9.17) is 5.84 Å². The summed E-state index contributed by atoms with van der Waals surface area (Å²) in [6, 6.07) is 3.01. The molecule has 0 atom stereocenters. The number of nitrogen functional groups attached to an aromatic ring is 1. The topological polar surface area (TPSA) is 125 Å². The van der Waals surface area contributed by atoms with Crippen molar-refractivity contribution in [3.63, 3.8) is 0 Å². The largest absolute Gasteiger partial charge is 0.389 e. The van der Waals surface area contributed by atoms with E-state index in [1.165, 1.54) is 16.9 Å². The summed E-state index contributed by atoms with van der Waals surface area (Å²) in [5, 5.41) is 14.3. The molecule has 0 unspecified atom stereocenters. The Bertz CT molecular complexity index is 580. The first-order valence-corrected chi connectivity index (χ1v) is 5.07. The molecule has 2 aromatic heterocycles. The first-order chi connectivity index (χ1) is 8.58. The van der Waals surface area contributed by atoms with Gasteiger partial charge in [0.05, 0.1) is 17.4 Å². The maximum Gasteiger partial charge on any atom is 0.389 e. The molecule has 0 bridgehead atoms. The summed E-state index contributed by atoms with van der Waals surface area (Å²) in [6.07, 6.45) is 1.50. The molecule has 0 amide bonds. The third-order valence-electron chi connectivity index (χ3n) is 2.17. The number of nitro groups is 1. The molecule has 2 rings (SSSR count). The van der Waals surface area contributed by atoms with Crippen molar-refractivity contribution in [2.24, 2.45) is 5.84 Å². The molecule has 0 fully saturated rings. The number of aromatic nitrogens is 4. The first-order valence-electron chi connectivity index (χ1n) is 5.07. The van der Waals surface area contributed by atoms with Gasteiger partial charge in [0.25, 0.3) is 0 Å². The number of anilines is 1. The predicted molar refractivity (Wildman–Crippen MR) is 62.6 cm³/mol. The molecule has 0 saturated heterocycles. The second kappa shape index (κ2) is 4.75. The minimum atomic E-state index is -0.555. The van der Waals surface area contributed by atoms with Crippen molar-refractivity contribution in [3.05, 3.63) is 40.0 Å². The van der Waals surface area contributed by atoms with Crippen LogP contribution in [0.1, 0.15) is 11.5 Å². The van der Waals surface area contributed by atoms with E-state index in [1.54, 1.807) is 13.0 Å². The van der Waals surface area contributed by atoms with E-state index in [1.807, 2.05) is 0 Å². The second-order valence-electron chi connectivity index (χ2n) is 3.58. The van der Waals surface area contributed by atoms with Crippen LogP contribution in [-0.4, -0.2) is 24.7 Å². The van der Waals surface area contributed by atoms with Crippen LogP contribution in [0.4, 0.5) is 11.6 Å². The van der Waals surface area contributed by atoms with Crippen molar-refractivity contribution in [2.75, 3.05) is 5.43 Å². The Morgan fingerprint density at radius 1 is 1.56 bits per heavy atom. The molecule has 0 aliphatic carbocycles. The molecule has 0 radical (unpaired) electrons. The number of hydrogen-bond acceptors (Lipinski definition) is 7. The van der Waals surface area contributed by atoms with Gasteiger partial charge >= 0.3 is 5.82 Å².